The lowest BCUT2D eigenvalue weighted by Crippen LogP contribution is -2.15. The standard InChI is InChI=1S/C16H16F4O4/c1-16(2)9(5-22)10(16)15(23)24-6-8-13(19)11(17)7(3-4-21)12(18)14(8)20/h5,9-10,21H,3-4,6H2,1-2H3. The Bertz CT molecular complexity index is 658. The Morgan fingerprint density at radius 3 is 2.04 bits per heavy atom. The fourth-order valence-corrected chi connectivity index (χ4v) is 2.80. The number of hydrogen-bond acceptors (Lipinski definition) is 4. The summed E-state index contributed by atoms with van der Waals surface area (Å²) in [5, 5.41) is 8.69. The van der Waals surface area contributed by atoms with Crippen molar-refractivity contribution in [3.05, 3.63) is 34.4 Å². The molecule has 1 aromatic carbocycles. The van der Waals surface area contributed by atoms with E-state index < -0.39 is 77.3 Å². The Morgan fingerprint density at radius 1 is 1.12 bits per heavy atom. The van der Waals surface area contributed by atoms with Gasteiger partial charge in [0.05, 0.1) is 11.5 Å². The zero-order valence-electron chi connectivity index (χ0n) is 13.0. The molecule has 0 bridgehead atoms. The van der Waals surface area contributed by atoms with Crippen molar-refractivity contribution in [2.45, 2.75) is 26.9 Å². The zero-order valence-corrected chi connectivity index (χ0v) is 13.0. The van der Waals surface area contributed by atoms with E-state index in [0.717, 1.165) is 0 Å². The molecule has 2 unspecified atom stereocenters. The first-order chi connectivity index (χ1) is 11.2. The van der Waals surface area contributed by atoms with Crippen molar-refractivity contribution < 1.29 is 37.0 Å². The Balaban J connectivity index is 2.19. The minimum absolute atomic E-state index is 0.569. The number of ether oxygens (including phenoxy) is 1. The number of halogens is 4. The second-order valence-electron chi connectivity index (χ2n) is 6.26. The van der Waals surface area contributed by atoms with Crippen molar-refractivity contribution in [2.75, 3.05) is 6.61 Å². The molecule has 1 aromatic rings. The van der Waals surface area contributed by atoms with Crippen molar-refractivity contribution in [2.24, 2.45) is 17.3 Å². The van der Waals surface area contributed by atoms with Crippen molar-refractivity contribution in [3.8, 4) is 0 Å². The molecule has 2 rings (SSSR count). The average molecular weight is 348 g/mol. The number of esters is 1. The summed E-state index contributed by atoms with van der Waals surface area (Å²) in [6, 6.07) is 0. The maximum Gasteiger partial charge on any atom is 0.310 e. The summed E-state index contributed by atoms with van der Waals surface area (Å²) in [6.07, 6.45) is -0.00103. The van der Waals surface area contributed by atoms with Crippen molar-refractivity contribution in [1.82, 2.24) is 0 Å². The van der Waals surface area contributed by atoms with Gasteiger partial charge in [-0.2, -0.15) is 0 Å². The third-order valence-corrected chi connectivity index (χ3v) is 4.48. The molecule has 0 aromatic heterocycles. The first-order valence-corrected chi connectivity index (χ1v) is 7.24. The van der Waals surface area contributed by atoms with E-state index in [2.05, 4.69) is 0 Å². The second kappa shape index (κ2) is 6.51. The molecule has 1 aliphatic carbocycles. The van der Waals surface area contributed by atoms with E-state index in [-0.39, 0.29) is 0 Å². The Hall–Kier alpha value is -1.96. The van der Waals surface area contributed by atoms with Crippen molar-refractivity contribution in [1.29, 1.82) is 0 Å². The lowest BCUT2D eigenvalue weighted by Gasteiger charge is -2.12. The largest absolute Gasteiger partial charge is 0.460 e. The van der Waals surface area contributed by atoms with Gasteiger partial charge in [0.15, 0.2) is 23.3 Å². The summed E-state index contributed by atoms with van der Waals surface area (Å²) in [4.78, 5) is 22.7. The molecule has 1 saturated carbocycles. The van der Waals surface area contributed by atoms with Crippen LogP contribution in [0.5, 0.6) is 0 Å². The fraction of sp³-hybridized carbons (Fsp3) is 0.500. The molecule has 8 heteroatoms. The number of carbonyl (C=O) groups excluding carboxylic acids is 2. The number of aldehydes is 1. The molecule has 0 saturated heterocycles. The molecule has 0 spiro atoms. The van der Waals surface area contributed by atoms with Crippen LogP contribution in [0.2, 0.25) is 0 Å². The highest BCUT2D eigenvalue weighted by atomic mass is 19.2. The van der Waals surface area contributed by atoms with E-state index in [0.29, 0.717) is 6.29 Å². The van der Waals surface area contributed by atoms with Gasteiger partial charge in [-0.1, -0.05) is 13.8 Å². The number of carbonyl (C=O) groups is 2. The van der Waals surface area contributed by atoms with Gasteiger partial charge in [-0.05, 0) is 5.41 Å². The molecular weight excluding hydrogens is 332 g/mol. The molecule has 0 amide bonds. The predicted octanol–water partition coefficient (Wildman–Crippen LogP) is 2.29. The predicted molar refractivity (Wildman–Crippen MR) is 73.7 cm³/mol. The molecule has 0 heterocycles. The van der Waals surface area contributed by atoms with E-state index >= 15 is 0 Å². The summed E-state index contributed by atoms with van der Waals surface area (Å²) >= 11 is 0. The van der Waals surface area contributed by atoms with E-state index in [1.165, 1.54) is 0 Å². The normalized spacial score (nSPS) is 21.5. The summed E-state index contributed by atoms with van der Waals surface area (Å²) < 4.78 is 60.0. The number of aliphatic hydroxyl groups excluding tert-OH is 1. The van der Waals surface area contributed by atoms with Gasteiger partial charge in [-0.15, -0.1) is 0 Å². The highest BCUT2D eigenvalue weighted by Crippen LogP contribution is 2.57. The average Bonchev–Trinajstić information content (AvgIpc) is 3.10. The quantitative estimate of drug-likeness (QED) is 0.371. The number of aliphatic hydroxyl groups is 1. The van der Waals surface area contributed by atoms with Gasteiger partial charge < -0.3 is 14.6 Å². The van der Waals surface area contributed by atoms with Gasteiger partial charge in [0.2, 0.25) is 0 Å². The number of hydrogen-bond donors (Lipinski definition) is 1. The molecule has 0 aliphatic heterocycles. The molecule has 24 heavy (non-hydrogen) atoms. The summed E-state index contributed by atoms with van der Waals surface area (Å²) in [5.74, 6) is -8.81. The van der Waals surface area contributed by atoms with Crippen LogP contribution in [-0.2, 0) is 27.4 Å². The third-order valence-electron chi connectivity index (χ3n) is 4.48. The fourth-order valence-electron chi connectivity index (χ4n) is 2.80. The van der Waals surface area contributed by atoms with Gasteiger partial charge in [-0.25, -0.2) is 17.6 Å². The Morgan fingerprint density at radius 2 is 1.62 bits per heavy atom. The van der Waals surface area contributed by atoms with Crippen LogP contribution >= 0.6 is 0 Å². The minimum atomic E-state index is -1.67. The van der Waals surface area contributed by atoms with Gasteiger partial charge >= 0.3 is 5.97 Å². The van der Waals surface area contributed by atoms with Gasteiger partial charge in [0, 0.05) is 24.5 Å². The lowest BCUT2D eigenvalue weighted by atomic mass is 10.1. The molecule has 4 nitrogen and oxygen atoms in total. The highest BCUT2D eigenvalue weighted by Gasteiger charge is 2.62. The number of benzene rings is 1. The first-order valence-electron chi connectivity index (χ1n) is 7.24. The Kier molecular flexibility index (Phi) is 4.98. The SMILES string of the molecule is CC1(C)C(C=O)C1C(=O)OCc1c(F)c(F)c(CCO)c(F)c1F. The van der Waals surface area contributed by atoms with E-state index in [4.69, 9.17) is 9.84 Å². The van der Waals surface area contributed by atoms with E-state index in [1.807, 2.05) is 0 Å². The maximum absolute atomic E-state index is 13.9. The first kappa shape index (κ1) is 18.4. The molecule has 1 fully saturated rings. The van der Waals surface area contributed by atoms with E-state index in [1.54, 1.807) is 13.8 Å². The topological polar surface area (TPSA) is 63.6 Å². The van der Waals surface area contributed by atoms with Crippen LogP contribution in [0.3, 0.4) is 0 Å². The van der Waals surface area contributed by atoms with Crippen LogP contribution < -0.4 is 0 Å². The monoisotopic (exact) mass is 348 g/mol. The molecule has 2 atom stereocenters. The molecule has 1 N–H and O–H groups in total. The van der Waals surface area contributed by atoms with Crippen LogP contribution in [0, 0.1) is 40.5 Å². The summed E-state index contributed by atoms with van der Waals surface area (Å²) in [6.45, 7) is 1.62. The maximum atomic E-state index is 13.9. The van der Waals surface area contributed by atoms with Crippen LogP contribution in [0.15, 0.2) is 0 Å². The zero-order chi connectivity index (χ0) is 18.2. The van der Waals surface area contributed by atoms with Gasteiger partial charge in [0.25, 0.3) is 0 Å². The van der Waals surface area contributed by atoms with Gasteiger partial charge in [-0.3, -0.25) is 4.79 Å². The van der Waals surface area contributed by atoms with Crippen LogP contribution in [-0.4, -0.2) is 24.0 Å². The minimum Gasteiger partial charge on any atom is -0.460 e. The number of rotatable bonds is 6. The molecule has 1 aliphatic rings. The lowest BCUT2D eigenvalue weighted by molar-refractivity contribution is -0.148. The molecule has 0 radical (unpaired) electrons. The molecule has 132 valence electrons. The van der Waals surface area contributed by atoms with Gasteiger partial charge in [0.1, 0.15) is 12.9 Å². The van der Waals surface area contributed by atoms with Crippen molar-refractivity contribution >= 4 is 12.3 Å². The molecular formula is C16H16F4O4. The third kappa shape index (κ3) is 2.90. The smallest absolute Gasteiger partial charge is 0.310 e. The Labute approximate surface area is 135 Å². The second-order valence-corrected chi connectivity index (χ2v) is 6.26. The van der Waals surface area contributed by atoms with Crippen LogP contribution in [0.4, 0.5) is 17.6 Å². The highest BCUT2D eigenvalue weighted by molar-refractivity contribution is 5.84. The van der Waals surface area contributed by atoms with Crippen LogP contribution in [0.1, 0.15) is 25.0 Å². The van der Waals surface area contributed by atoms with Crippen molar-refractivity contribution in [3.63, 3.8) is 0 Å². The van der Waals surface area contributed by atoms with E-state index in [9.17, 15) is 27.2 Å². The van der Waals surface area contributed by atoms with Crippen LogP contribution in [0.25, 0.3) is 0 Å². The summed E-state index contributed by atoms with van der Waals surface area (Å²) in [7, 11) is 0. The summed E-state index contributed by atoms with van der Waals surface area (Å²) in [5.41, 5.74) is -2.59.